The lowest BCUT2D eigenvalue weighted by Crippen LogP contribution is -2.43. The summed E-state index contributed by atoms with van der Waals surface area (Å²) in [5.41, 5.74) is 2.42. The molecule has 0 aliphatic carbocycles. The minimum atomic E-state index is 0.0207. The van der Waals surface area contributed by atoms with E-state index in [1.165, 1.54) is 5.56 Å². The fourth-order valence-corrected chi connectivity index (χ4v) is 2.61. The topological polar surface area (TPSA) is 50.8 Å². The Morgan fingerprint density at radius 2 is 1.95 bits per heavy atom. The molecule has 0 bridgehead atoms. The molecule has 0 unspecified atom stereocenters. The maximum atomic E-state index is 12.0. The van der Waals surface area contributed by atoms with Gasteiger partial charge in [-0.25, -0.2) is 4.79 Å². The van der Waals surface area contributed by atoms with Crippen molar-refractivity contribution in [2.24, 2.45) is 0 Å². The fourth-order valence-electron chi connectivity index (χ4n) is 2.61. The zero-order chi connectivity index (χ0) is 13.9. The highest BCUT2D eigenvalue weighted by molar-refractivity contribution is 5.74. The molecule has 2 amide bonds. The van der Waals surface area contributed by atoms with Crippen molar-refractivity contribution in [3.8, 4) is 11.5 Å². The van der Waals surface area contributed by atoms with Gasteiger partial charge in [-0.1, -0.05) is 6.92 Å². The Hall–Kier alpha value is -1.91. The molecule has 1 aromatic rings. The van der Waals surface area contributed by atoms with Crippen LogP contribution >= 0.6 is 0 Å². The lowest BCUT2D eigenvalue weighted by Gasteiger charge is -2.30. The van der Waals surface area contributed by atoms with Crippen molar-refractivity contribution in [2.45, 2.75) is 26.3 Å². The Bertz CT molecular complexity index is 516. The van der Waals surface area contributed by atoms with Crippen LogP contribution in [0.1, 0.15) is 24.5 Å². The SMILES string of the molecule is CCCNC(=O)N1CCc2cc3c(cc2C1)OCCO3. The monoisotopic (exact) mass is 276 g/mol. The number of fused-ring (bicyclic) bond motifs is 2. The first-order valence-electron chi connectivity index (χ1n) is 7.22. The number of benzene rings is 1. The van der Waals surface area contributed by atoms with Crippen LogP contribution in [0.5, 0.6) is 11.5 Å². The van der Waals surface area contributed by atoms with E-state index in [1.54, 1.807) is 0 Å². The highest BCUT2D eigenvalue weighted by Crippen LogP contribution is 2.35. The van der Waals surface area contributed by atoms with Crippen molar-refractivity contribution in [3.05, 3.63) is 23.3 Å². The number of ether oxygens (including phenoxy) is 2. The normalized spacial score (nSPS) is 16.6. The van der Waals surface area contributed by atoms with Gasteiger partial charge < -0.3 is 19.7 Å². The van der Waals surface area contributed by atoms with E-state index in [4.69, 9.17) is 9.47 Å². The van der Waals surface area contributed by atoms with Crippen molar-refractivity contribution < 1.29 is 14.3 Å². The quantitative estimate of drug-likeness (QED) is 0.898. The number of hydrogen-bond acceptors (Lipinski definition) is 3. The van der Waals surface area contributed by atoms with Gasteiger partial charge in [0.25, 0.3) is 0 Å². The van der Waals surface area contributed by atoms with Crippen molar-refractivity contribution >= 4 is 6.03 Å². The zero-order valence-electron chi connectivity index (χ0n) is 11.8. The van der Waals surface area contributed by atoms with Crippen molar-refractivity contribution in [1.82, 2.24) is 10.2 Å². The second-order valence-corrected chi connectivity index (χ2v) is 5.17. The molecule has 0 aromatic heterocycles. The highest BCUT2D eigenvalue weighted by Gasteiger charge is 2.23. The van der Waals surface area contributed by atoms with Crippen LogP contribution in [0.3, 0.4) is 0 Å². The Kier molecular flexibility index (Phi) is 3.67. The summed E-state index contributed by atoms with van der Waals surface area (Å²) in [4.78, 5) is 13.9. The Balaban J connectivity index is 1.75. The van der Waals surface area contributed by atoms with Gasteiger partial charge in [0.2, 0.25) is 0 Å². The average Bonchev–Trinajstić information content (AvgIpc) is 2.50. The van der Waals surface area contributed by atoms with Gasteiger partial charge in [-0.3, -0.25) is 0 Å². The molecule has 5 heteroatoms. The summed E-state index contributed by atoms with van der Waals surface area (Å²) in [5, 5.41) is 2.93. The second kappa shape index (κ2) is 5.61. The van der Waals surface area contributed by atoms with Gasteiger partial charge in [0.1, 0.15) is 13.2 Å². The number of carbonyl (C=O) groups is 1. The summed E-state index contributed by atoms with van der Waals surface area (Å²) in [6.45, 7) is 5.37. The molecule has 2 heterocycles. The van der Waals surface area contributed by atoms with E-state index < -0.39 is 0 Å². The third-order valence-corrected chi connectivity index (χ3v) is 3.69. The number of rotatable bonds is 2. The molecule has 0 saturated carbocycles. The largest absolute Gasteiger partial charge is 0.486 e. The van der Waals surface area contributed by atoms with E-state index in [-0.39, 0.29) is 6.03 Å². The van der Waals surface area contributed by atoms with Crippen LogP contribution in [-0.2, 0) is 13.0 Å². The average molecular weight is 276 g/mol. The summed E-state index contributed by atoms with van der Waals surface area (Å²) in [5.74, 6) is 1.63. The van der Waals surface area contributed by atoms with E-state index >= 15 is 0 Å². The molecule has 0 radical (unpaired) electrons. The molecule has 1 aromatic carbocycles. The van der Waals surface area contributed by atoms with Gasteiger partial charge in [0.05, 0.1) is 0 Å². The molecule has 0 fully saturated rings. The minimum absolute atomic E-state index is 0.0207. The molecule has 2 aliphatic heterocycles. The van der Waals surface area contributed by atoms with Gasteiger partial charge >= 0.3 is 6.03 Å². The van der Waals surface area contributed by atoms with Crippen molar-refractivity contribution in [2.75, 3.05) is 26.3 Å². The number of nitrogens with zero attached hydrogens (tertiary/aromatic N) is 1. The van der Waals surface area contributed by atoms with E-state index in [9.17, 15) is 4.79 Å². The third kappa shape index (κ3) is 2.53. The minimum Gasteiger partial charge on any atom is -0.486 e. The molecule has 20 heavy (non-hydrogen) atoms. The molecule has 0 saturated heterocycles. The predicted octanol–water partition coefficient (Wildman–Crippen LogP) is 1.94. The summed E-state index contributed by atoms with van der Waals surface area (Å²) in [6, 6.07) is 4.10. The lowest BCUT2D eigenvalue weighted by molar-refractivity contribution is 0.169. The van der Waals surface area contributed by atoms with Crippen LogP contribution in [0.2, 0.25) is 0 Å². The molecular formula is C15H20N2O3. The van der Waals surface area contributed by atoms with Crippen LogP contribution in [0, 0.1) is 0 Å². The molecule has 0 atom stereocenters. The van der Waals surface area contributed by atoms with Gasteiger partial charge in [0.15, 0.2) is 11.5 Å². The smallest absolute Gasteiger partial charge is 0.317 e. The first kappa shape index (κ1) is 13.1. The Labute approximate surface area is 118 Å². The predicted molar refractivity (Wildman–Crippen MR) is 75.2 cm³/mol. The Morgan fingerprint density at radius 1 is 1.25 bits per heavy atom. The van der Waals surface area contributed by atoms with Crippen molar-refractivity contribution in [1.29, 1.82) is 0 Å². The molecule has 1 N–H and O–H groups in total. The molecular weight excluding hydrogens is 256 g/mol. The van der Waals surface area contributed by atoms with E-state index in [0.29, 0.717) is 19.8 Å². The molecule has 2 aliphatic rings. The first-order chi connectivity index (χ1) is 9.78. The lowest BCUT2D eigenvalue weighted by atomic mass is 9.99. The summed E-state index contributed by atoms with van der Waals surface area (Å²) < 4.78 is 11.2. The summed E-state index contributed by atoms with van der Waals surface area (Å²) >= 11 is 0. The van der Waals surface area contributed by atoms with E-state index in [1.807, 2.05) is 11.0 Å². The fraction of sp³-hybridized carbons (Fsp3) is 0.533. The zero-order valence-corrected chi connectivity index (χ0v) is 11.8. The van der Waals surface area contributed by atoms with Crippen LogP contribution in [0.25, 0.3) is 0 Å². The molecule has 3 rings (SSSR count). The van der Waals surface area contributed by atoms with Crippen LogP contribution in [0.15, 0.2) is 12.1 Å². The molecule has 5 nitrogen and oxygen atoms in total. The number of nitrogens with one attached hydrogen (secondary N) is 1. The van der Waals surface area contributed by atoms with Gasteiger partial charge in [-0.2, -0.15) is 0 Å². The van der Waals surface area contributed by atoms with E-state index in [2.05, 4.69) is 18.3 Å². The maximum absolute atomic E-state index is 12.0. The summed E-state index contributed by atoms with van der Waals surface area (Å²) in [6.07, 6.45) is 1.82. The number of urea groups is 1. The van der Waals surface area contributed by atoms with Crippen molar-refractivity contribution in [3.63, 3.8) is 0 Å². The maximum Gasteiger partial charge on any atom is 0.317 e. The summed E-state index contributed by atoms with van der Waals surface area (Å²) in [7, 11) is 0. The standard InChI is InChI=1S/C15H20N2O3/c1-2-4-16-15(18)17-5-3-11-8-13-14(9-12(11)10-17)20-7-6-19-13/h8-9H,2-7,10H2,1H3,(H,16,18). The first-order valence-corrected chi connectivity index (χ1v) is 7.22. The number of carbonyl (C=O) groups excluding carboxylic acids is 1. The third-order valence-electron chi connectivity index (χ3n) is 3.69. The second-order valence-electron chi connectivity index (χ2n) is 5.17. The number of amides is 2. The van der Waals surface area contributed by atoms with E-state index in [0.717, 1.165) is 43.0 Å². The van der Waals surface area contributed by atoms with Gasteiger partial charge in [0, 0.05) is 19.6 Å². The van der Waals surface area contributed by atoms with Crippen LogP contribution < -0.4 is 14.8 Å². The Morgan fingerprint density at radius 3 is 2.65 bits per heavy atom. The molecule has 108 valence electrons. The highest BCUT2D eigenvalue weighted by atomic mass is 16.6. The number of hydrogen-bond donors (Lipinski definition) is 1. The van der Waals surface area contributed by atoms with Gasteiger partial charge in [-0.05, 0) is 36.1 Å². The van der Waals surface area contributed by atoms with Gasteiger partial charge in [-0.15, -0.1) is 0 Å². The van der Waals surface area contributed by atoms with Crippen LogP contribution in [-0.4, -0.2) is 37.2 Å². The van der Waals surface area contributed by atoms with Crippen LogP contribution in [0.4, 0.5) is 4.79 Å². The molecule has 0 spiro atoms.